The van der Waals surface area contributed by atoms with Gasteiger partial charge in [-0.25, -0.2) is 4.79 Å². The van der Waals surface area contributed by atoms with Crippen LogP contribution in [0.1, 0.15) is 32.3 Å². The van der Waals surface area contributed by atoms with E-state index >= 15 is 0 Å². The summed E-state index contributed by atoms with van der Waals surface area (Å²) in [6, 6.07) is -0.935. The van der Waals surface area contributed by atoms with E-state index in [0.29, 0.717) is 12.8 Å². The highest BCUT2D eigenvalue weighted by molar-refractivity contribution is 5.87. The maximum atomic E-state index is 11.7. The second-order valence-corrected chi connectivity index (χ2v) is 5.89. The van der Waals surface area contributed by atoms with Crippen molar-refractivity contribution in [1.82, 2.24) is 20.4 Å². The molecule has 0 aromatic carbocycles. The van der Waals surface area contributed by atoms with Crippen LogP contribution in [0.2, 0.25) is 0 Å². The normalized spacial score (nSPS) is 12.0. The van der Waals surface area contributed by atoms with Crippen LogP contribution in [0.25, 0.3) is 0 Å². The number of amides is 2. The van der Waals surface area contributed by atoms with Crippen molar-refractivity contribution in [3.8, 4) is 0 Å². The fraction of sp³-hybridized carbons (Fsp3) is 0.600. The quantitative estimate of drug-likeness (QED) is 0.595. The van der Waals surface area contributed by atoms with E-state index in [1.54, 1.807) is 17.9 Å². The Hall–Kier alpha value is -2.38. The molecule has 1 rings (SSSR count). The maximum absolute atomic E-state index is 11.7. The highest BCUT2D eigenvalue weighted by Crippen LogP contribution is 2.04. The summed E-state index contributed by atoms with van der Waals surface area (Å²) in [6.45, 7) is 3.53. The van der Waals surface area contributed by atoms with E-state index in [1.807, 2.05) is 20.0 Å². The Balaban J connectivity index is 2.31. The van der Waals surface area contributed by atoms with Gasteiger partial charge < -0.3 is 15.7 Å². The summed E-state index contributed by atoms with van der Waals surface area (Å²) in [4.78, 5) is 34.5. The van der Waals surface area contributed by atoms with Crippen LogP contribution < -0.4 is 10.6 Å². The number of carboxylic acids is 1. The molecular weight excluding hydrogens is 300 g/mol. The first-order chi connectivity index (χ1) is 10.8. The third-order valence-corrected chi connectivity index (χ3v) is 3.19. The van der Waals surface area contributed by atoms with E-state index < -0.39 is 17.9 Å². The van der Waals surface area contributed by atoms with E-state index in [4.69, 9.17) is 5.11 Å². The van der Waals surface area contributed by atoms with Crippen molar-refractivity contribution in [2.24, 2.45) is 13.0 Å². The molecule has 8 heteroatoms. The first kappa shape index (κ1) is 18.7. The first-order valence-corrected chi connectivity index (χ1v) is 7.54. The maximum Gasteiger partial charge on any atom is 0.326 e. The van der Waals surface area contributed by atoms with E-state index in [2.05, 4.69) is 15.7 Å². The van der Waals surface area contributed by atoms with Gasteiger partial charge in [0.05, 0.1) is 12.7 Å². The van der Waals surface area contributed by atoms with Gasteiger partial charge in [0.25, 0.3) is 0 Å². The Morgan fingerprint density at radius 3 is 2.52 bits per heavy atom. The minimum atomic E-state index is -1.07. The van der Waals surface area contributed by atoms with Gasteiger partial charge in [0, 0.05) is 19.7 Å². The molecule has 128 valence electrons. The highest BCUT2D eigenvalue weighted by Gasteiger charge is 2.21. The van der Waals surface area contributed by atoms with Crippen LogP contribution >= 0.6 is 0 Å². The fourth-order valence-corrected chi connectivity index (χ4v) is 2.06. The summed E-state index contributed by atoms with van der Waals surface area (Å²) in [6.07, 6.45) is 4.63. The Labute approximate surface area is 135 Å². The lowest BCUT2D eigenvalue weighted by atomic mass is 10.0. The van der Waals surface area contributed by atoms with Crippen LogP contribution in [-0.4, -0.2) is 45.3 Å². The van der Waals surface area contributed by atoms with E-state index in [9.17, 15) is 14.4 Å². The Morgan fingerprint density at radius 1 is 1.30 bits per heavy atom. The van der Waals surface area contributed by atoms with Crippen LogP contribution in [-0.2, 0) is 27.9 Å². The molecule has 8 nitrogen and oxygen atoms in total. The predicted octanol–water partition coefficient (Wildman–Crippen LogP) is 0.0844. The van der Waals surface area contributed by atoms with Gasteiger partial charge in [-0.3, -0.25) is 14.3 Å². The number of hydrogen-bond acceptors (Lipinski definition) is 4. The summed E-state index contributed by atoms with van der Waals surface area (Å²) in [7, 11) is 1.80. The summed E-state index contributed by atoms with van der Waals surface area (Å²) in [5.41, 5.74) is 0.940. The van der Waals surface area contributed by atoms with Crippen molar-refractivity contribution >= 4 is 17.8 Å². The zero-order chi connectivity index (χ0) is 17.4. The number of carbonyl (C=O) groups is 3. The van der Waals surface area contributed by atoms with Crippen molar-refractivity contribution < 1.29 is 19.5 Å². The van der Waals surface area contributed by atoms with Gasteiger partial charge in [0.2, 0.25) is 11.8 Å². The third kappa shape index (κ3) is 7.44. The molecule has 2 amide bonds. The molecule has 0 spiro atoms. The lowest BCUT2D eigenvalue weighted by Crippen LogP contribution is -2.46. The average Bonchev–Trinajstić information content (AvgIpc) is 2.87. The molecular formula is C15H24N4O4. The molecule has 0 aliphatic rings. The van der Waals surface area contributed by atoms with Gasteiger partial charge in [-0.15, -0.1) is 0 Å². The zero-order valence-corrected chi connectivity index (χ0v) is 13.7. The smallest absolute Gasteiger partial charge is 0.326 e. The molecule has 0 saturated heterocycles. The molecule has 0 bridgehead atoms. The van der Waals surface area contributed by atoms with Crippen molar-refractivity contribution in [3.05, 3.63) is 18.0 Å². The summed E-state index contributed by atoms with van der Waals surface area (Å²) in [5.74, 6) is -1.70. The number of nitrogens with zero attached hydrogens (tertiary/aromatic N) is 2. The number of aryl methyl sites for hydroxylation is 2. The predicted molar refractivity (Wildman–Crippen MR) is 83.6 cm³/mol. The van der Waals surface area contributed by atoms with Crippen LogP contribution in [0.4, 0.5) is 0 Å². The largest absolute Gasteiger partial charge is 0.480 e. The number of nitrogens with one attached hydrogen (secondary N) is 2. The highest BCUT2D eigenvalue weighted by atomic mass is 16.4. The van der Waals surface area contributed by atoms with Crippen molar-refractivity contribution in [3.63, 3.8) is 0 Å². The van der Waals surface area contributed by atoms with Gasteiger partial charge in [0.15, 0.2) is 0 Å². The molecule has 1 atom stereocenters. The Morgan fingerprint density at radius 2 is 2.00 bits per heavy atom. The van der Waals surface area contributed by atoms with E-state index in [1.165, 1.54) is 0 Å². The average molecular weight is 324 g/mol. The standard InChI is InChI=1S/C15H24N4O4/c1-10(2)6-12(15(22)23)18-14(21)8-16-13(20)5-4-11-7-17-19(3)9-11/h7,9-10,12H,4-6,8H2,1-3H3,(H,16,20)(H,18,21)(H,22,23)/t12-/m0/s1. The number of carboxylic acid groups (broad SMARTS) is 1. The number of rotatable bonds is 9. The molecule has 0 saturated carbocycles. The number of carbonyl (C=O) groups excluding carboxylic acids is 2. The monoisotopic (exact) mass is 324 g/mol. The minimum absolute atomic E-state index is 0.144. The van der Waals surface area contributed by atoms with Crippen LogP contribution in [0.3, 0.4) is 0 Å². The lowest BCUT2D eigenvalue weighted by Gasteiger charge is -2.16. The lowest BCUT2D eigenvalue weighted by molar-refractivity contribution is -0.142. The van der Waals surface area contributed by atoms with Gasteiger partial charge >= 0.3 is 5.97 Å². The van der Waals surface area contributed by atoms with Gasteiger partial charge in [0.1, 0.15) is 6.04 Å². The van der Waals surface area contributed by atoms with Gasteiger partial charge in [-0.2, -0.15) is 5.10 Å². The van der Waals surface area contributed by atoms with Crippen molar-refractivity contribution in [2.45, 2.75) is 39.2 Å². The minimum Gasteiger partial charge on any atom is -0.480 e. The van der Waals surface area contributed by atoms with Crippen LogP contribution in [0.5, 0.6) is 0 Å². The molecule has 0 unspecified atom stereocenters. The number of aliphatic carboxylic acids is 1. The molecule has 1 aromatic rings. The molecule has 1 heterocycles. The third-order valence-electron chi connectivity index (χ3n) is 3.19. The van der Waals surface area contributed by atoms with Crippen LogP contribution in [0, 0.1) is 5.92 Å². The topological polar surface area (TPSA) is 113 Å². The summed E-state index contributed by atoms with van der Waals surface area (Å²) in [5, 5.41) is 18.0. The molecule has 0 aliphatic carbocycles. The first-order valence-electron chi connectivity index (χ1n) is 7.54. The number of hydrogen-bond donors (Lipinski definition) is 3. The molecule has 0 aliphatic heterocycles. The van der Waals surface area contributed by atoms with Crippen molar-refractivity contribution in [1.29, 1.82) is 0 Å². The van der Waals surface area contributed by atoms with Gasteiger partial charge in [-0.1, -0.05) is 13.8 Å². The molecule has 1 aromatic heterocycles. The zero-order valence-electron chi connectivity index (χ0n) is 13.7. The summed E-state index contributed by atoms with van der Waals surface area (Å²) >= 11 is 0. The fourth-order valence-electron chi connectivity index (χ4n) is 2.06. The molecule has 0 radical (unpaired) electrons. The molecule has 3 N–H and O–H groups in total. The van der Waals surface area contributed by atoms with Crippen molar-refractivity contribution in [2.75, 3.05) is 6.54 Å². The second kappa shape index (κ2) is 8.92. The number of aromatic nitrogens is 2. The molecule has 23 heavy (non-hydrogen) atoms. The Kier molecular flexibility index (Phi) is 7.24. The van der Waals surface area contributed by atoms with E-state index in [0.717, 1.165) is 5.56 Å². The van der Waals surface area contributed by atoms with Gasteiger partial charge in [-0.05, 0) is 24.3 Å². The summed E-state index contributed by atoms with van der Waals surface area (Å²) < 4.78 is 1.65. The van der Waals surface area contributed by atoms with E-state index in [-0.39, 0.29) is 24.8 Å². The SMILES string of the molecule is CC(C)C[C@H](NC(=O)CNC(=O)CCc1cnn(C)c1)C(=O)O. The van der Waals surface area contributed by atoms with Crippen LogP contribution in [0.15, 0.2) is 12.4 Å². The second-order valence-electron chi connectivity index (χ2n) is 5.89. The Bertz CT molecular complexity index is 553. The molecule has 0 fully saturated rings.